The van der Waals surface area contributed by atoms with Crippen molar-refractivity contribution in [1.82, 2.24) is 10.2 Å². The van der Waals surface area contributed by atoms with E-state index in [4.69, 9.17) is 9.15 Å². The number of benzene rings is 2. The van der Waals surface area contributed by atoms with Crippen molar-refractivity contribution in [3.05, 3.63) is 69.0 Å². The van der Waals surface area contributed by atoms with Gasteiger partial charge in [0.25, 0.3) is 0 Å². The Balaban J connectivity index is 1.49. The summed E-state index contributed by atoms with van der Waals surface area (Å²) in [6.07, 6.45) is 0. The molecule has 0 aliphatic rings. The van der Waals surface area contributed by atoms with Crippen molar-refractivity contribution in [3.8, 4) is 5.75 Å². The van der Waals surface area contributed by atoms with Gasteiger partial charge in [0.15, 0.2) is 4.34 Å². The van der Waals surface area contributed by atoms with Gasteiger partial charge in [0.1, 0.15) is 11.3 Å². The number of hydrogen-bond acceptors (Lipinski definition) is 8. The fraction of sp³-hybridized carbons (Fsp3) is 0.105. The normalized spacial score (nSPS) is 10.9. The number of rotatable bonds is 6. The Morgan fingerprint density at radius 3 is 2.96 bits per heavy atom. The lowest BCUT2D eigenvalue weighted by atomic mass is 10.1. The van der Waals surface area contributed by atoms with Crippen LogP contribution in [0.2, 0.25) is 0 Å². The highest BCUT2D eigenvalue weighted by Crippen LogP contribution is 2.32. The summed E-state index contributed by atoms with van der Waals surface area (Å²) >= 11 is 6.38. The average Bonchev–Trinajstić information content (AvgIpc) is 3.13. The highest BCUT2D eigenvalue weighted by atomic mass is 79.9. The molecule has 0 aliphatic carbocycles. The van der Waals surface area contributed by atoms with Crippen molar-refractivity contribution < 1.29 is 9.15 Å². The number of methoxy groups -OCH3 is 1. The first-order valence-electron chi connectivity index (χ1n) is 8.20. The summed E-state index contributed by atoms with van der Waals surface area (Å²) in [4.78, 5) is 11.8. The molecule has 0 unspecified atom stereocenters. The number of anilines is 2. The molecule has 0 saturated heterocycles. The molecule has 0 spiro atoms. The number of nitrogens with zero attached hydrogens (tertiary/aromatic N) is 2. The number of halogens is 1. The van der Waals surface area contributed by atoms with Crippen LogP contribution in [-0.4, -0.2) is 17.3 Å². The molecule has 0 bridgehead atoms. The van der Waals surface area contributed by atoms with Crippen molar-refractivity contribution in [3.63, 3.8) is 0 Å². The third kappa shape index (κ3) is 4.37. The first-order chi connectivity index (χ1) is 13.6. The van der Waals surface area contributed by atoms with Crippen molar-refractivity contribution >= 4 is 60.8 Å². The molecule has 4 rings (SSSR count). The van der Waals surface area contributed by atoms with Crippen LogP contribution in [0.3, 0.4) is 0 Å². The van der Waals surface area contributed by atoms with Crippen LogP contribution in [0.15, 0.2) is 66.6 Å². The molecule has 4 aromatic rings. The molecular weight excluding hydrogens is 462 g/mol. The molecule has 0 saturated carbocycles. The molecule has 0 amide bonds. The van der Waals surface area contributed by atoms with Crippen LogP contribution in [-0.2, 0) is 5.75 Å². The predicted octanol–water partition coefficient (Wildman–Crippen LogP) is 5.45. The van der Waals surface area contributed by atoms with Gasteiger partial charge >= 0.3 is 5.63 Å². The summed E-state index contributed by atoms with van der Waals surface area (Å²) in [5, 5.41) is 13.2. The van der Waals surface area contributed by atoms with E-state index in [2.05, 4.69) is 31.4 Å². The van der Waals surface area contributed by atoms with Gasteiger partial charge in [-0.25, -0.2) is 4.79 Å². The quantitative estimate of drug-likeness (QED) is 0.293. The van der Waals surface area contributed by atoms with Gasteiger partial charge in [0.05, 0.1) is 7.11 Å². The smallest absolute Gasteiger partial charge is 0.336 e. The van der Waals surface area contributed by atoms with Crippen molar-refractivity contribution in [2.45, 2.75) is 10.1 Å². The highest BCUT2D eigenvalue weighted by molar-refractivity contribution is 9.10. The largest absolute Gasteiger partial charge is 0.497 e. The molecule has 9 heteroatoms. The topological polar surface area (TPSA) is 77.2 Å². The van der Waals surface area contributed by atoms with E-state index in [1.807, 2.05) is 36.4 Å². The summed E-state index contributed by atoms with van der Waals surface area (Å²) in [5.41, 5.74) is 1.99. The lowest BCUT2D eigenvalue weighted by molar-refractivity contribution is 0.415. The van der Waals surface area contributed by atoms with E-state index in [0.717, 1.165) is 31.2 Å². The lowest BCUT2D eigenvalue weighted by Gasteiger charge is -2.04. The first kappa shape index (κ1) is 19.0. The Hall–Kier alpha value is -2.36. The minimum atomic E-state index is -0.362. The Morgan fingerprint density at radius 1 is 1.21 bits per heavy atom. The molecule has 6 nitrogen and oxygen atoms in total. The van der Waals surface area contributed by atoms with Crippen LogP contribution in [0.5, 0.6) is 5.75 Å². The Kier molecular flexibility index (Phi) is 5.65. The number of thioether (sulfide) groups is 1. The summed E-state index contributed by atoms with van der Waals surface area (Å²) in [6, 6.07) is 14.8. The van der Waals surface area contributed by atoms with Crippen molar-refractivity contribution in [2.24, 2.45) is 0 Å². The van der Waals surface area contributed by atoms with Gasteiger partial charge in [-0.3, -0.25) is 0 Å². The number of ether oxygens (including phenoxy) is 1. The van der Waals surface area contributed by atoms with Crippen molar-refractivity contribution in [2.75, 3.05) is 12.4 Å². The fourth-order valence-electron chi connectivity index (χ4n) is 2.61. The third-order valence-corrected chi connectivity index (χ3v) is 6.38. The Morgan fingerprint density at radius 2 is 2.11 bits per heavy atom. The maximum Gasteiger partial charge on any atom is 0.336 e. The number of nitrogens with one attached hydrogen (secondary N) is 1. The van der Waals surface area contributed by atoms with E-state index in [-0.39, 0.29) is 5.63 Å². The fourth-order valence-corrected chi connectivity index (χ4v) is 4.71. The molecule has 1 N–H and O–H groups in total. The van der Waals surface area contributed by atoms with Crippen LogP contribution in [0.4, 0.5) is 10.8 Å². The van der Waals surface area contributed by atoms with Gasteiger partial charge in [-0.2, -0.15) is 0 Å². The van der Waals surface area contributed by atoms with E-state index in [0.29, 0.717) is 16.5 Å². The predicted molar refractivity (Wildman–Crippen MR) is 116 cm³/mol. The molecule has 142 valence electrons. The summed E-state index contributed by atoms with van der Waals surface area (Å²) in [6.45, 7) is 0. The molecule has 2 aromatic carbocycles. The van der Waals surface area contributed by atoms with Gasteiger partial charge in [-0.1, -0.05) is 45.1 Å². The van der Waals surface area contributed by atoms with Crippen LogP contribution in [0.1, 0.15) is 5.56 Å². The maximum absolute atomic E-state index is 11.8. The number of fused-ring (bicyclic) bond motifs is 1. The minimum absolute atomic E-state index is 0.362. The van der Waals surface area contributed by atoms with Gasteiger partial charge in [0.2, 0.25) is 5.13 Å². The van der Waals surface area contributed by atoms with Gasteiger partial charge < -0.3 is 14.5 Å². The molecular formula is C19H14BrN3O3S2. The average molecular weight is 476 g/mol. The van der Waals surface area contributed by atoms with Gasteiger partial charge in [-0.05, 0) is 35.9 Å². The number of hydrogen-bond donors (Lipinski definition) is 1. The highest BCUT2D eigenvalue weighted by Gasteiger charge is 2.10. The van der Waals surface area contributed by atoms with E-state index >= 15 is 0 Å². The van der Waals surface area contributed by atoms with Crippen LogP contribution in [0, 0.1) is 0 Å². The second-order valence-corrected chi connectivity index (χ2v) is 8.87. The minimum Gasteiger partial charge on any atom is -0.497 e. The Labute approximate surface area is 177 Å². The summed E-state index contributed by atoms with van der Waals surface area (Å²) < 4.78 is 12.2. The molecule has 0 fully saturated rings. The molecule has 0 radical (unpaired) electrons. The zero-order valence-electron chi connectivity index (χ0n) is 14.6. The standard InChI is InChI=1S/C19H14BrN3O3S2/c1-25-14-4-2-3-13(9-14)21-18-22-23-19(28-18)27-10-11-7-17(24)26-16-8-12(20)5-6-15(11)16/h2-9H,10H2,1H3,(H,21,22). The third-order valence-electron chi connectivity index (χ3n) is 3.87. The SMILES string of the molecule is COc1cccc(Nc2nnc(SCc3cc(=O)oc4cc(Br)ccc34)s2)c1. The van der Waals surface area contributed by atoms with E-state index in [1.54, 1.807) is 13.2 Å². The monoisotopic (exact) mass is 475 g/mol. The van der Waals surface area contributed by atoms with E-state index in [9.17, 15) is 4.79 Å². The molecule has 2 heterocycles. The Bertz CT molecular complexity index is 1190. The molecule has 0 aliphatic heterocycles. The lowest BCUT2D eigenvalue weighted by Crippen LogP contribution is -1.99. The van der Waals surface area contributed by atoms with Crippen LogP contribution >= 0.6 is 39.0 Å². The summed E-state index contributed by atoms with van der Waals surface area (Å²) in [7, 11) is 1.63. The number of aromatic nitrogens is 2. The first-order valence-corrected chi connectivity index (χ1v) is 10.8. The van der Waals surface area contributed by atoms with E-state index in [1.165, 1.54) is 29.2 Å². The van der Waals surface area contributed by atoms with Gasteiger partial charge in [-0.15, -0.1) is 10.2 Å². The van der Waals surface area contributed by atoms with Gasteiger partial charge in [0, 0.05) is 33.4 Å². The zero-order valence-corrected chi connectivity index (χ0v) is 17.9. The summed E-state index contributed by atoms with van der Waals surface area (Å²) in [5.74, 6) is 1.36. The molecule has 28 heavy (non-hydrogen) atoms. The van der Waals surface area contributed by atoms with E-state index < -0.39 is 0 Å². The molecule has 0 atom stereocenters. The van der Waals surface area contributed by atoms with Crippen LogP contribution < -0.4 is 15.7 Å². The zero-order chi connectivity index (χ0) is 19.5. The second kappa shape index (κ2) is 8.34. The maximum atomic E-state index is 11.8. The van der Waals surface area contributed by atoms with Crippen LogP contribution in [0.25, 0.3) is 11.0 Å². The molecule has 2 aromatic heterocycles. The second-order valence-electron chi connectivity index (χ2n) is 5.75. The van der Waals surface area contributed by atoms with Crippen molar-refractivity contribution in [1.29, 1.82) is 0 Å².